The maximum Gasteiger partial charge on any atom is 0.0645 e. The summed E-state index contributed by atoms with van der Waals surface area (Å²) in [6.45, 7) is 10.3. The van der Waals surface area contributed by atoms with Crippen molar-refractivity contribution >= 4 is 0 Å². The van der Waals surface area contributed by atoms with E-state index >= 15 is 0 Å². The van der Waals surface area contributed by atoms with E-state index in [0.717, 1.165) is 6.42 Å². The molecule has 0 radical (unpaired) electrons. The van der Waals surface area contributed by atoms with Gasteiger partial charge in [-0.25, -0.2) is 0 Å². The Bertz CT molecular complexity index is 94.9. The molecule has 0 saturated carbocycles. The molecule has 1 N–H and O–H groups in total. The summed E-state index contributed by atoms with van der Waals surface area (Å²) in [5.74, 6) is 0.951. The zero-order valence-corrected chi connectivity index (χ0v) is 7.81. The van der Waals surface area contributed by atoms with Crippen LogP contribution in [0.15, 0.2) is 0 Å². The van der Waals surface area contributed by atoms with E-state index in [0.29, 0.717) is 11.8 Å². The fourth-order valence-corrected chi connectivity index (χ4v) is 1.04. The Kier molecular flexibility index (Phi) is 3.37. The largest absolute Gasteiger partial charge is 0.390 e. The zero-order valence-electron chi connectivity index (χ0n) is 7.81. The second-order valence-corrected chi connectivity index (χ2v) is 3.74. The van der Waals surface area contributed by atoms with Gasteiger partial charge in [0.25, 0.3) is 0 Å². The van der Waals surface area contributed by atoms with Gasteiger partial charge < -0.3 is 5.11 Å². The van der Waals surface area contributed by atoms with Gasteiger partial charge in [0.2, 0.25) is 0 Å². The van der Waals surface area contributed by atoms with Gasteiger partial charge >= 0.3 is 0 Å². The van der Waals surface area contributed by atoms with Gasteiger partial charge in [-0.05, 0) is 25.2 Å². The third-order valence-corrected chi connectivity index (χ3v) is 2.70. The Hall–Kier alpha value is -0.0400. The van der Waals surface area contributed by atoms with Gasteiger partial charge in [0.1, 0.15) is 0 Å². The smallest absolute Gasteiger partial charge is 0.0645 e. The fraction of sp³-hybridized carbons (Fsp3) is 1.00. The Morgan fingerprint density at radius 2 is 1.70 bits per heavy atom. The van der Waals surface area contributed by atoms with Crippen molar-refractivity contribution in [2.45, 2.75) is 46.6 Å². The van der Waals surface area contributed by atoms with E-state index in [2.05, 4.69) is 20.8 Å². The van der Waals surface area contributed by atoms with E-state index in [-0.39, 0.29) is 0 Å². The summed E-state index contributed by atoms with van der Waals surface area (Å²) in [6, 6.07) is 0. The maximum absolute atomic E-state index is 9.76. The van der Waals surface area contributed by atoms with Gasteiger partial charge in [0.15, 0.2) is 0 Å². The predicted octanol–water partition coefficient (Wildman–Crippen LogP) is 2.44. The van der Waals surface area contributed by atoms with Crippen LogP contribution in [0.3, 0.4) is 0 Å². The average Bonchev–Trinajstić information content (AvgIpc) is 1.86. The highest BCUT2D eigenvalue weighted by Crippen LogP contribution is 2.26. The first-order chi connectivity index (χ1) is 4.41. The second kappa shape index (κ2) is 3.38. The van der Waals surface area contributed by atoms with Crippen molar-refractivity contribution in [1.29, 1.82) is 0 Å². The molecule has 0 bridgehead atoms. The molecule has 0 aliphatic carbocycles. The molecule has 0 aliphatic heterocycles. The first kappa shape index (κ1) is 9.96. The molecule has 0 saturated heterocycles. The molecule has 2 atom stereocenters. The zero-order chi connectivity index (χ0) is 8.36. The molecule has 1 heteroatoms. The van der Waals surface area contributed by atoms with Crippen molar-refractivity contribution < 1.29 is 5.11 Å². The molecule has 62 valence electrons. The molecular weight excluding hydrogens is 124 g/mol. The fourth-order valence-electron chi connectivity index (χ4n) is 1.04. The molecule has 0 amide bonds. The molecule has 10 heavy (non-hydrogen) atoms. The van der Waals surface area contributed by atoms with Crippen molar-refractivity contribution in [3.8, 4) is 0 Å². The Labute approximate surface area is 64.5 Å². The lowest BCUT2D eigenvalue weighted by molar-refractivity contribution is -0.0154. The van der Waals surface area contributed by atoms with Crippen LogP contribution in [0.2, 0.25) is 0 Å². The van der Waals surface area contributed by atoms with Gasteiger partial charge in [-0.1, -0.05) is 27.7 Å². The van der Waals surface area contributed by atoms with Crippen LogP contribution < -0.4 is 0 Å². The summed E-state index contributed by atoms with van der Waals surface area (Å²) >= 11 is 0. The summed E-state index contributed by atoms with van der Waals surface area (Å²) in [4.78, 5) is 0. The van der Waals surface area contributed by atoms with E-state index in [1.54, 1.807) is 0 Å². The summed E-state index contributed by atoms with van der Waals surface area (Å²) in [5, 5.41) is 9.76. The maximum atomic E-state index is 9.76. The van der Waals surface area contributed by atoms with Gasteiger partial charge in [-0.2, -0.15) is 0 Å². The normalized spacial score (nSPS) is 20.7. The summed E-state index contributed by atoms with van der Waals surface area (Å²) in [5.41, 5.74) is -0.478. The minimum Gasteiger partial charge on any atom is -0.390 e. The van der Waals surface area contributed by atoms with Crippen LogP contribution in [0.5, 0.6) is 0 Å². The Morgan fingerprint density at radius 3 is 1.80 bits per heavy atom. The average molecular weight is 144 g/mol. The number of hydrogen-bond acceptors (Lipinski definition) is 1. The van der Waals surface area contributed by atoms with Gasteiger partial charge in [-0.15, -0.1) is 0 Å². The molecule has 0 heterocycles. The van der Waals surface area contributed by atoms with Crippen LogP contribution in [0.4, 0.5) is 0 Å². The van der Waals surface area contributed by atoms with E-state index in [9.17, 15) is 5.11 Å². The number of hydrogen-bond donors (Lipinski definition) is 1. The summed E-state index contributed by atoms with van der Waals surface area (Å²) < 4.78 is 0. The Balaban J connectivity index is 4.03. The first-order valence-electron chi connectivity index (χ1n) is 4.14. The van der Waals surface area contributed by atoms with Gasteiger partial charge in [0, 0.05) is 0 Å². The molecule has 0 aromatic carbocycles. The van der Waals surface area contributed by atoms with Gasteiger partial charge in [0.05, 0.1) is 5.60 Å². The van der Waals surface area contributed by atoms with Crippen LogP contribution in [0, 0.1) is 11.8 Å². The van der Waals surface area contributed by atoms with Crippen molar-refractivity contribution in [1.82, 2.24) is 0 Å². The lowest BCUT2D eigenvalue weighted by atomic mass is 9.81. The van der Waals surface area contributed by atoms with Crippen LogP contribution in [-0.4, -0.2) is 10.7 Å². The van der Waals surface area contributed by atoms with Gasteiger partial charge in [-0.3, -0.25) is 0 Å². The highest BCUT2D eigenvalue weighted by Gasteiger charge is 2.27. The third-order valence-electron chi connectivity index (χ3n) is 2.70. The molecule has 1 nitrogen and oxygen atoms in total. The SMILES string of the molecule is CCC(C)(O)C(C)C(C)C. The van der Waals surface area contributed by atoms with Crippen LogP contribution in [0.25, 0.3) is 0 Å². The molecule has 0 spiro atoms. The monoisotopic (exact) mass is 144 g/mol. The highest BCUT2D eigenvalue weighted by molar-refractivity contribution is 4.79. The quantitative estimate of drug-likeness (QED) is 0.645. The number of rotatable bonds is 3. The van der Waals surface area contributed by atoms with Crippen molar-refractivity contribution in [2.24, 2.45) is 11.8 Å². The first-order valence-corrected chi connectivity index (χ1v) is 4.14. The van der Waals surface area contributed by atoms with E-state index < -0.39 is 5.60 Å². The highest BCUT2D eigenvalue weighted by atomic mass is 16.3. The van der Waals surface area contributed by atoms with E-state index in [1.807, 2.05) is 13.8 Å². The molecule has 2 unspecified atom stereocenters. The topological polar surface area (TPSA) is 20.2 Å². The summed E-state index contributed by atoms with van der Waals surface area (Å²) in [7, 11) is 0. The summed E-state index contributed by atoms with van der Waals surface area (Å²) in [6.07, 6.45) is 0.840. The van der Waals surface area contributed by atoms with Crippen molar-refractivity contribution in [2.75, 3.05) is 0 Å². The molecule has 0 aromatic heterocycles. The van der Waals surface area contributed by atoms with Crippen molar-refractivity contribution in [3.63, 3.8) is 0 Å². The second-order valence-electron chi connectivity index (χ2n) is 3.74. The lowest BCUT2D eigenvalue weighted by Crippen LogP contribution is -2.34. The molecule has 0 aliphatic rings. The molecule has 0 rings (SSSR count). The third kappa shape index (κ3) is 2.30. The van der Waals surface area contributed by atoms with Crippen LogP contribution in [-0.2, 0) is 0 Å². The van der Waals surface area contributed by atoms with Crippen molar-refractivity contribution in [3.05, 3.63) is 0 Å². The van der Waals surface area contributed by atoms with Crippen LogP contribution in [0.1, 0.15) is 41.0 Å². The molecule has 0 aromatic rings. The lowest BCUT2D eigenvalue weighted by Gasteiger charge is -2.31. The number of aliphatic hydroxyl groups is 1. The molecular formula is C9H20O. The predicted molar refractivity (Wildman–Crippen MR) is 44.9 cm³/mol. The van der Waals surface area contributed by atoms with E-state index in [4.69, 9.17) is 0 Å². The minimum atomic E-state index is -0.478. The standard InChI is InChI=1S/C9H20O/c1-6-9(5,10)8(4)7(2)3/h7-8,10H,6H2,1-5H3. The molecule has 0 fully saturated rings. The Morgan fingerprint density at radius 1 is 1.30 bits per heavy atom. The minimum absolute atomic E-state index is 0.387. The van der Waals surface area contributed by atoms with E-state index in [1.165, 1.54) is 0 Å². The van der Waals surface area contributed by atoms with Crippen LogP contribution >= 0.6 is 0 Å².